The number of hydrogen-bond donors (Lipinski definition) is 1. The average molecular weight is 417 g/mol. The lowest BCUT2D eigenvalue weighted by Crippen LogP contribution is -2.32. The third-order valence-corrected chi connectivity index (χ3v) is 6.91. The maximum absolute atomic E-state index is 11.7. The molecule has 1 saturated carbocycles. The van der Waals surface area contributed by atoms with Gasteiger partial charge in [0.15, 0.2) is 0 Å². The molecule has 4 aromatic rings. The molecule has 1 aliphatic carbocycles. The largest absolute Gasteiger partial charge is 0.353 e. The SMILES string of the molecule is CCC(=O)N[C@H]1CC[C@@H](n2nccc2-c2ccc(-c3nc4ccccc4s3)cc2)C1. The maximum Gasteiger partial charge on any atom is 0.219 e. The van der Waals surface area contributed by atoms with Gasteiger partial charge in [0.05, 0.1) is 22.0 Å². The Labute approximate surface area is 179 Å². The minimum Gasteiger partial charge on any atom is -0.353 e. The lowest BCUT2D eigenvalue weighted by molar-refractivity contribution is -0.121. The number of nitrogens with zero attached hydrogens (tertiary/aromatic N) is 3. The van der Waals surface area contributed by atoms with Gasteiger partial charge in [0, 0.05) is 24.2 Å². The van der Waals surface area contributed by atoms with Crippen LogP contribution in [0.1, 0.15) is 38.6 Å². The zero-order valence-electron chi connectivity index (χ0n) is 16.9. The van der Waals surface area contributed by atoms with Crippen molar-refractivity contribution in [3.05, 3.63) is 60.8 Å². The molecule has 1 aliphatic rings. The molecule has 5 rings (SSSR count). The first-order valence-corrected chi connectivity index (χ1v) is 11.3. The first-order valence-electron chi connectivity index (χ1n) is 10.5. The lowest BCUT2D eigenvalue weighted by Gasteiger charge is -2.16. The molecule has 6 heteroatoms. The van der Waals surface area contributed by atoms with Crippen LogP contribution in [-0.2, 0) is 4.79 Å². The first kappa shape index (κ1) is 19.0. The number of carbonyl (C=O) groups excluding carboxylic acids is 1. The molecule has 1 fully saturated rings. The fourth-order valence-corrected chi connectivity index (χ4v) is 5.22. The second-order valence-corrected chi connectivity index (χ2v) is 8.84. The number of amides is 1. The van der Waals surface area contributed by atoms with E-state index in [1.807, 2.05) is 19.2 Å². The molecule has 0 aliphatic heterocycles. The van der Waals surface area contributed by atoms with E-state index < -0.39 is 0 Å². The van der Waals surface area contributed by atoms with Crippen molar-refractivity contribution in [2.75, 3.05) is 0 Å². The van der Waals surface area contributed by atoms with E-state index in [0.717, 1.165) is 46.6 Å². The zero-order chi connectivity index (χ0) is 20.5. The minimum atomic E-state index is 0.131. The Balaban J connectivity index is 1.36. The van der Waals surface area contributed by atoms with Gasteiger partial charge in [0.25, 0.3) is 0 Å². The van der Waals surface area contributed by atoms with Gasteiger partial charge >= 0.3 is 0 Å². The summed E-state index contributed by atoms with van der Waals surface area (Å²) in [5, 5.41) is 8.78. The Morgan fingerprint density at radius 2 is 1.90 bits per heavy atom. The molecule has 152 valence electrons. The van der Waals surface area contributed by atoms with Crippen molar-refractivity contribution in [1.29, 1.82) is 0 Å². The summed E-state index contributed by atoms with van der Waals surface area (Å²) in [7, 11) is 0. The number of fused-ring (bicyclic) bond motifs is 1. The second kappa shape index (κ2) is 8.03. The Hall–Kier alpha value is -2.99. The molecule has 2 aromatic carbocycles. The van der Waals surface area contributed by atoms with Gasteiger partial charge in [-0.25, -0.2) is 4.98 Å². The highest BCUT2D eigenvalue weighted by Crippen LogP contribution is 2.35. The van der Waals surface area contributed by atoms with Crippen LogP contribution in [0.5, 0.6) is 0 Å². The Morgan fingerprint density at radius 1 is 1.10 bits per heavy atom. The highest BCUT2D eigenvalue weighted by molar-refractivity contribution is 7.21. The van der Waals surface area contributed by atoms with Gasteiger partial charge in [-0.05, 0) is 43.0 Å². The third-order valence-electron chi connectivity index (χ3n) is 5.83. The van der Waals surface area contributed by atoms with Crippen molar-refractivity contribution in [1.82, 2.24) is 20.1 Å². The fourth-order valence-electron chi connectivity index (χ4n) is 4.25. The number of nitrogens with one attached hydrogen (secondary N) is 1. The topological polar surface area (TPSA) is 59.8 Å². The molecule has 2 heterocycles. The Kier molecular flexibility index (Phi) is 5.09. The Morgan fingerprint density at radius 3 is 2.70 bits per heavy atom. The number of benzene rings is 2. The van der Waals surface area contributed by atoms with Gasteiger partial charge in [-0.1, -0.05) is 43.3 Å². The van der Waals surface area contributed by atoms with Gasteiger partial charge in [-0.15, -0.1) is 11.3 Å². The van der Waals surface area contributed by atoms with Crippen molar-refractivity contribution >= 4 is 27.5 Å². The van der Waals surface area contributed by atoms with Crippen LogP contribution in [0.15, 0.2) is 60.8 Å². The molecule has 5 nitrogen and oxygen atoms in total. The van der Waals surface area contributed by atoms with E-state index in [4.69, 9.17) is 4.98 Å². The molecule has 2 atom stereocenters. The quantitative estimate of drug-likeness (QED) is 0.471. The molecule has 1 N–H and O–H groups in total. The number of aromatic nitrogens is 3. The predicted octanol–water partition coefficient (Wildman–Crippen LogP) is 5.45. The fraction of sp³-hybridized carbons (Fsp3) is 0.292. The average Bonchev–Trinajstić information content (AvgIpc) is 3.52. The summed E-state index contributed by atoms with van der Waals surface area (Å²) >= 11 is 1.72. The minimum absolute atomic E-state index is 0.131. The van der Waals surface area contributed by atoms with Crippen LogP contribution in [0.25, 0.3) is 32.0 Å². The van der Waals surface area contributed by atoms with Gasteiger partial charge in [0.2, 0.25) is 5.91 Å². The van der Waals surface area contributed by atoms with Crippen molar-refractivity contribution in [2.45, 2.75) is 44.7 Å². The molecule has 2 aromatic heterocycles. The van der Waals surface area contributed by atoms with Crippen molar-refractivity contribution in [3.8, 4) is 21.8 Å². The van der Waals surface area contributed by atoms with Crippen molar-refractivity contribution in [3.63, 3.8) is 0 Å². The standard InChI is InChI=1S/C24H24N4OS/c1-2-23(29)26-18-11-12-19(15-18)28-21(13-14-25-28)16-7-9-17(10-8-16)24-27-20-5-3-4-6-22(20)30-24/h3-10,13-14,18-19H,2,11-12,15H2,1H3,(H,26,29)/t18-,19+/m0/s1. The van der Waals surface area contributed by atoms with Crippen LogP contribution in [0.2, 0.25) is 0 Å². The molecule has 0 radical (unpaired) electrons. The molecule has 0 unspecified atom stereocenters. The van der Waals surface area contributed by atoms with Crippen LogP contribution < -0.4 is 5.32 Å². The van der Waals surface area contributed by atoms with Gasteiger partial charge < -0.3 is 5.32 Å². The van der Waals surface area contributed by atoms with Crippen LogP contribution >= 0.6 is 11.3 Å². The highest BCUT2D eigenvalue weighted by Gasteiger charge is 2.28. The maximum atomic E-state index is 11.7. The molecule has 0 bridgehead atoms. The van der Waals surface area contributed by atoms with Crippen molar-refractivity contribution in [2.24, 2.45) is 0 Å². The molecule has 1 amide bonds. The number of hydrogen-bond acceptors (Lipinski definition) is 4. The summed E-state index contributed by atoms with van der Waals surface area (Å²) < 4.78 is 3.34. The summed E-state index contributed by atoms with van der Waals surface area (Å²) in [5.74, 6) is 0.131. The molecule has 0 spiro atoms. The van der Waals surface area contributed by atoms with E-state index in [0.29, 0.717) is 12.5 Å². The smallest absolute Gasteiger partial charge is 0.219 e. The molecule has 0 saturated heterocycles. The molecular weight excluding hydrogens is 392 g/mol. The number of rotatable bonds is 5. The van der Waals surface area contributed by atoms with E-state index in [-0.39, 0.29) is 11.9 Å². The summed E-state index contributed by atoms with van der Waals surface area (Å²) in [5.41, 5.74) is 4.46. The zero-order valence-corrected chi connectivity index (χ0v) is 17.7. The molecular formula is C24H24N4OS. The van der Waals surface area contributed by atoms with E-state index in [1.54, 1.807) is 11.3 Å². The van der Waals surface area contributed by atoms with Crippen LogP contribution in [0.3, 0.4) is 0 Å². The highest BCUT2D eigenvalue weighted by atomic mass is 32.1. The molecule has 30 heavy (non-hydrogen) atoms. The van der Waals surface area contributed by atoms with Crippen LogP contribution in [0.4, 0.5) is 0 Å². The number of para-hydroxylation sites is 1. The summed E-state index contributed by atoms with van der Waals surface area (Å²) in [6.45, 7) is 1.89. The summed E-state index contributed by atoms with van der Waals surface area (Å²) in [4.78, 5) is 16.5. The van der Waals surface area contributed by atoms with Crippen LogP contribution in [0, 0.1) is 0 Å². The van der Waals surface area contributed by atoms with E-state index in [9.17, 15) is 4.79 Å². The number of carbonyl (C=O) groups is 1. The normalized spacial score (nSPS) is 18.7. The monoisotopic (exact) mass is 416 g/mol. The summed E-state index contributed by atoms with van der Waals surface area (Å²) in [6, 6.07) is 19.5. The van der Waals surface area contributed by atoms with Crippen LogP contribution in [-0.4, -0.2) is 26.7 Å². The Bertz CT molecular complexity index is 1140. The van der Waals surface area contributed by atoms with Gasteiger partial charge in [0.1, 0.15) is 5.01 Å². The number of thiazole rings is 1. The van der Waals surface area contributed by atoms with E-state index in [2.05, 4.69) is 63.6 Å². The third kappa shape index (κ3) is 3.63. The lowest BCUT2D eigenvalue weighted by atomic mass is 10.1. The second-order valence-electron chi connectivity index (χ2n) is 7.81. The van der Waals surface area contributed by atoms with E-state index >= 15 is 0 Å². The first-order chi connectivity index (χ1) is 14.7. The predicted molar refractivity (Wildman–Crippen MR) is 121 cm³/mol. The summed E-state index contributed by atoms with van der Waals surface area (Å²) in [6.07, 6.45) is 5.38. The van der Waals surface area contributed by atoms with Crippen molar-refractivity contribution < 1.29 is 4.79 Å². The van der Waals surface area contributed by atoms with Gasteiger partial charge in [-0.2, -0.15) is 5.10 Å². The van der Waals surface area contributed by atoms with Gasteiger partial charge in [-0.3, -0.25) is 9.48 Å². The van der Waals surface area contributed by atoms with E-state index in [1.165, 1.54) is 4.70 Å².